The molecule has 1 aromatic heterocycles. The van der Waals surface area contributed by atoms with E-state index in [9.17, 15) is 0 Å². The van der Waals surface area contributed by atoms with Crippen molar-refractivity contribution < 1.29 is 9.47 Å². The number of nitrogens with two attached hydrogens (primary N) is 1. The van der Waals surface area contributed by atoms with E-state index in [-0.39, 0.29) is 6.01 Å². The van der Waals surface area contributed by atoms with Crippen molar-refractivity contribution in [2.24, 2.45) is 5.92 Å². The minimum atomic E-state index is 0.264. The first-order chi connectivity index (χ1) is 7.58. The molecule has 0 radical (unpaired) electrons. The van der Waals surface area contributed by atoms with Crippen LogP contribution in [0, 0.1) is 5.92 Å². The molecular weight excluding hydrogens is 274 g/mol. The fourth-order valence-electron chi connectivity index (χ4n) is 0.989. The third kappa shape index (κ3) is 5.27. The van der Waals surface area contributed by atoms with Crippen LogP contribution in [0.2, 0.25) is 0 Å². The zero-order valence-corrected chi connectivity index (χ0v) is 11.0. The summed E-state index contributed by atoms with van der Waals surface area (Å²) < 4.78 is 11.3. The van der Waals surface area contributed by atoms with Gasteiger partial charge in [0, 0.05) is 12.7 Å². The summed E-state index contributed by atoms with van der Waals surface area (Å²) >= 11 is 3.21. The molecule has 0 fully saturated rings. The lowest BCUT2D eigenvalue weighted by molar-refractivity contribution is 0.0792. The summed E-state index contributed by atoms with van der Waals surface area (Å²) in [4.78, 5) is 7.94. The second-order valence-corrected chi connectivity index (χ2v) is 4.53. The molecule has 0 spiro atoms. The second kappa shape index (κ2) is 6.65. The Bertz CT molecular complexity index is 314. The van der Waals surface area contributed by atoms with E-state index in [1.165, 1.54) is 0 Å². The van der Waals surface area contributed by atoms with Crippen LogP contribution < -0.4 is 10.5 Å². The van der Waals surface area contributed by atoms with Crippen LogP contribution in [0.5, 0.6) is 6.01 Å². The Morgan fingerprint density at radius 2 is 2.12 bits per heavy atom. The zero-order chi connectivity index (χ0) is 12.0. The van der Waals surface area contributed by atoms with Gasteiger partial charge in [-0.25, -0.2) is 0 Å². The number of anilines is 1. The molecule has 0 aromatic carbocycles. The summed E-state index contributed by atoms with van der Waals surface area (Å²) in [6, 6.07) is 1.88. The van der Waals surface area contributed by atoms with Crippen molar-refractivity contribution in [2.45, 2.75) is 13.8 Å². The van der Waals surface area contributed by atoms with Crippen LogP contribution >= 0.6 is 15.9 Å². The van der Waals surface area contributed by atoms with Crippen molar-refractivity contribution >= 4 is 21.7 Å². The number of halogens is 1. The van der Waals surface area contributed by atoms with Gasteiger partial charge < -0.3 is 15.2 Å². The molecule has 0 aliphatic heterocycles. The Labute approximate surface area is 103 Å². The average Bonchev–Trinajstić information content (AvgIpc) is 2.15. The molecule has 5 nitrogen and oxygen atoms in total. The molecule has 0 atom stereocenters. The van der Waals surface area contributed by atoms with E-state index in [4.69, 9.17) is 15.2 Å². The first kappa shape index (κ1) is 13.2. The first-order valence-electron chi connectivity index (χ1n) is 5.08. The SMILES string of the molecule is CC(C)COCCOc1nc(N)cc(Br)n1. The van der Waals surface area contributed by atoms with Gasteiger partial charge in [-0.1, -0.05) is 13.8 Å². The average molecular weight is 290 g/mol. The molecular formula is C10H16BrN3O2. The monoisotopic (exact) mass is 289 g/mol. The summed E-state index contributed by atoms with van der Waals surface area (Å²) in [5.41, 5.74) is 5.54. The molecule has 1 aromatic rings. The Morgan fingerprint density at radius 3 is 2.75 bits per heavy atom. The van der Waals surface area contributed by atoms with Crippen LogP contribution in [-0.2, 0) is 4.74 Å². The lowest BCUT2D eigenvalue weighted by atomic mass is 10.2. The highest BCUT2D eigenvalue weighted by molar-refractivity contribution is 9.10. The zero-order valence-electron chi connectivity index (χ0n) is 9.44. The summed E-state index contributed by atoms with van der Waals surface area (Å²) in [5, 5.41) is 0. The number of nitrogens with zero attached hydrogens (tertiary/aromatic N) is 2. The maximum absolute atomic E-state index is 5.54. The van der Waals surface area contributed by atoms with E-state index in [1.807, 2.05) is 0 Å². The van der Waals surface area contributed by atoms with Crippen LogP contribution in [0.3, 0.4) is 0 Å². The Morgan fingerprint density at radius 1 is 1.38 bits per heavy atom. The largest absolute Gasteiger partial charge is 0.461 e. The summed E-state index contributed by atoms with van der Waals surface area (Å²) in [6.45, 7) is 5.86. The van der Waals surface area contributed by atoms with Crippen molar-refractivity contribution in [3.8, 4) is 6.01 Å². The summed E-state index contributed by atoms with van der Waals surface area (Å²) in [7, 11) is 0. The molecule has 1 rings (SSSR count). The number of rotatable bonds is 6. The van der Waals surface area contributed by atoms with Crippen molar-refractivity contribution in [3.63, 3.8) is 0 Å². The topological polar surface area (TPSA) is 70.3 Å². The minimum Gasteiger partial charge on any atom is -0.461 e. The third-order valence-corrected chi connectivity index (χ3v) is 2.01. The van der Waals surface area contributed by atoms with Crippen molar-refractivity contribution in [1.82, 2.24) is 9.97 Å². The van der Waals surface area contributed by atoms with Gasteiger partial charge in [0.05, 0.1) is 6.61 Å². The van der Waals surface area contributed by atoms with Crippen molar-refractivity contribution in [3.05, 3.63) is 10.7 Å². The van der Waals surface area contributed by atoms with Gasteiger partial charge in [-0.3, -0.25) is 0 Å². The maximum Gasteiger partial charge on any atom is 0.319 e. The standard InChI is InChI=1S/C10H16BrN3O2/c1-7(2)6-15-3-4-16-10-13-8(11)5-9(12)14-10/h5,7H,3-4,6H2,1-2H3,(H2,12,13,14). The number of hydrogen-bond acceptors (Lipinski definition) is 5. The molecule has 16 heavy (non-hydrogen) atoms. The van der Waals surface area contributed by atoms with Crippen LogP contribution in [-0.4, -0.2) is 29.8 Å². The van der Waals surface area contributed by atoms with Crippen LogP contribution in [0.25, 0.3) is 0 Å². The molecule has 0 saturated carbocycles. The van der Waals surface area contributed by atoms with Gasteiger partial charge in [0.15, 0.2) is 0 Å². The van der Waals surface area contributed by atoms with Crippen LogP contribution in [0.4, 0.5) is 5.82 Å². The van der Waals surface area contributed by atoms with Gasteiger partial charge >= 0.3 is 6.01 Å². The van der Waals surface area contributed by atoms with Crippen LogP contribution in [0.1, 0.15) is 13.8 Å². The van der Waals surface area contributed by atoms with E-state index in [0.29, 0.717) is 29.6 Å². The lowest BCUT2D eigenvalue weighted by Gasteiger charge is -2.07. The summed E-state index contributed by atoms with van der Waals surface area (Å²) in [5.74, 6) is 0.901. The van der Waals surface area contributed by atoms with E-state index < -0.39 is 0 Å². The van der Waals surface area contributed by atoms with Gasteiger partial charge in [0.1, 0.15) is 17.0 Å². The number of ether oxygens (including phenoxy) is 2. The van der Waals surface area contributed by atoms with Crippen molar-refractivity contribution in [1.29, 1.82) is 0 Å². The van der Waals surface area contributed by atoms with Gasteiger partial charge in [-0.2, -0.15) is 9.97 Å². The molecule has 1 heterocycles. The highest BCUT2D eigenvalue weighted by Gasteiger charge is 2.01. The fraction of sp³-hybridized carbons (Fsp3) is 0.600. The predicted molar refractivity (Wildman–Crippen MR) is 65.3 cm³/mol. The van der Waals surface area contributed by atoms with E-state index in [1.54, 1.807) is 6.07 Å². The first-order valence-corrected chi connectivity index (χ1v) is 5.88. The van der Waals surface area contributed by atoms with Crippen LogP contribution in [0.15, 0.2) is 10.7 Å². The van der Waals surface area contributed by atoms with Gasteiger partial charge in [0.25, 0.3) is 0 Å². The van der Waals surface area contributed by atoms with Crippen molar-refractivity contribution in [2.75, 3.05) is 25.6 Å². The molecule has 0 saturated heterocycles. The number of hydrogen-bond donors (Lipinski definition) is 1. The Kier molecular flexibility index (Phi) is 5.48. The Balaban J connectivity index is 2.26. The fourth-order valence-corrected chi connectivity index (χ4v) is 1.38. The smallest absolute Gasteiger partial charge is 0.319 e. The molecule has 90 valence electrons. The molecule has 0 bridgehead atoms. The summed E-state index contributed by atoms with van der Waals surface area (Å²) in [6.07, 6.45) is 0. The molecule has 6 heteroatoms. The Hall–Kier alpha value is -0.880. The highest BCUT2D eigenvalue weighted by Crippen LogP contribution is 2.13. The van der Waals surface area contributed by atoms with E-state index >= 15 is 0 Å². The molecule has 0 amide bonds. The lowest BCUT2D eigenvalue weighted by Crippen LogP contribution is -2.11. The van der Waals surface area contributed by atoms with E-state index in [0.717, 1.165) is 6.61 Å². The van der Waals surface area contributed by atoms with Gasteiger partial charge in [-0.05, 0) is 21.8 Å². The van der Waals surface area contributed by atoms with Gasteiger partial charge in [0.2, 0.25) is 0 Å². The highest BCUT2D eigenvalue weighted by atomic mass is 79.9. The molecule has 0 aliphatic carbocycles. The quantitative estimate of drug-likeness (QED) is 0.639. The number of aromatic nitrogens is 2. The normalized spacial score (nSPS) is 10.8. The van der Waals surface area contributed by atoms with Gasteiger partial charge in [-0.15, -0.1) is 0 Å². The molecule has 0 unspecified atom stereocenters. The number of nitrogen functional groups attached to an aromatic ring is 1. The third-order valence-electron chi connectivity index (χ3n) is 1.60. The minimum absolute atomic E-state index is 0.264. The predicted octanol–water partition coefficient (Wildman–Crippen LogP) is 1.87. The molecule has 2 N–H and O–H groups in total. The maximum atomic E-state index is 5.54. The molecule has 0 aliphatic rings. The van der Waals surface area contributed by atoms with E-state index in [2.05, 4.69) is 39.7 Å². The second-order valence-electron chi connectivity index (χ2n) is 3.72.